The van der Waals surface area contributed by atoms with Gasteiger partial charge in [0.1, 0.15) is 6.29 Å². The number of hydrogen-bond donors (Lipinski definition) is 2. The molecule has 1 saturated carbocycles. The summed E-state index contributed by atoms with van der Waals surface area (Å²) in [6, 6.07) is 5.48. The van der Waals surface area contributed by atoms with E-state index in [9.17, 15) is 14.4 Å². The van der Waals surface area contributed by atoms with Crippen molar-refractivity contribution in [3.8, 4) is 0 Å². The average Bonchev–Trinajstić information content (AvgIpc) is 2.59. The molecule has 3 rings (SSSR count). The molecule has 0 radical (unpaired) electrons. The first-order valence-electron chi connectivity index (χ1n) is 9.07. The van der Waals surface area contributed by atoms with Crippen LogP contribution in [0, 0.1) is 11.8 Å². The molecule has 2 aliphatic rings. The number of fused-ring (bicyclic) bond motifs is 1. The molecule has 1 aliphatic heterocycles. The molecule has 0 saturated heterocycles. The highest BCUT2D eigenvalue weighted by Gasteiger charge is 2.32. The molecule has 25 heavy (non-hydrogen) atoms. The number of hydrogen-bond acceptors (Lipinski definition) is 3. The second-order valence-electron chi connectivity index (χ2n) is 8.00. The lowest BCUT2D eigenvalue weighted by atomic mass is 9.77. The van der Waals surface area contributed by atoms with Gasteiger partial charge in [0.15, 0.2) is 0 Å². The largest absolute Gasteiger partial charge is 0.352 e. The number of aldehydes is 1. The Morgan fingerprint density at radius 2 is 2.00 bits per heavy atom. The third kappa shape index (κ3) is 3.91. The van der Waals surface area contributed by atoms with E-state index in [1.807, 2.05) is 26.0 Å². The van der Waals surface area contributed by atoms with Crippen molar-refractivity contribution in [1.29, 1.82) is 0 Å². The summed E-state index contributed by atoms with van der Waals surface area (Å²) in [6.07, 6.45) is 5.32. The molecular weight excluding hydrogens is 316 g/mol. The maximum atomic E-state index is 12.5. The Hall–Kier alpha value is -2.17. The Morgan fingerprint density at radius 1 is 1.28 bits per heavy atom. The number of carbonyl (C=O) groups excluding carboxylic acids is 3. The number of anilines is 1. The molecule has 1 aromatic rings. The summed E-state index contributed by atoms with van der Waals surface area (Å²) in [4.78, 5) is 35.1. The second-order valence-corrected chi connectivity index (χ2v) is 8.00. The Labute approximate surface area is 148 Å². The molecule has 1 heterocycles. The second kappa shape index (κ2) is 6.98. The van der Waals surface area contributed by atoms with Crippen molar-refractivity contribution in [3.05, 3.63) is 29.3 Å². The molecule has 0 bridgehead atoms. The van der Waals surface area contributed by atoms with E-state index in [1.54, 1.807) is 6.07 Å². The summed E-state index contributed by atoms with van der Waals surface area (Å²) in [5.74, 6) is 0.590. The molecule has 1 aliphatic carbocycles. The maximum absolute atomic E-state index is 12.5. The zero-order valence-electron chi connectivity index (χ0n) is 14.9. The van der Waals surface area contributed by atoms with Crippen LogP contribution in [-0.4, -0.2) is 24.6 Å². The minimum atomic E-state index is -0.277. The van der Waals surface area contributed by atoms with Gasteiger partial charge in [0.25, 0.3) is 5.91 Å². The lowest BCUT2D eigenvalue weighted by molar-refractivity contribution is -0.117. The Morgan fingerprint density at radius 3 is 2.68 bits per heavy atom. The van der Waals surface area contributed by atoms with Crippen LogP contribution >= 0.6 is 0 Å². The summed E-state index contributed by atoms with van der Waals surface area (Å²) in [5.41, 5.74) is 2.15. The summed E-state index contributed by atoms with van der Waals surface area (Å²) < 4.78 is 0. The van der Waals surface area contributed by atoms with Crippen LogP contribution in [0.3, 0.4) is 0 Å². The third-order valence-electron chi connectivity index (χ3n) is 5.52. The Bertz CT molecular complexity index is 688. The van der Waals surface area contributed by atoms with Gasteiger partial charge in [-0.15, -0.1) is 0 Å². The highest BCUT2D eigenvalue weighted by Crippen LogP contribution is 2.37. The van der Waals surface area contributed by atoms with E-state index < -0.39 is 0 Å². The van der Waals surface area contributed by atoms with Crippen molar-refractivity contribution in [2.75, 3.05) is 11.9 Å². The van der Waals surface area contributed by atoms with Gasteiger partial charge >= 0.3 is 0 Å². The SMILES string of the molecule is CC1(C)CC(=O)Nc2ccc(C(=O)NCC3CCC(C=O)CC3)cc21. The molecule has 5 heteroatoms. The molecular formula is C20H26N2O3. The Kier molecular flexibility index (Phi) is 4.93. The summed E-state index contributed by atoms with van der Waals surface area (Å²) >= 11 is 0. The number of carbonyl (C=O) groups is 3. The molecule has 1 fully saturated rings. The summed E-state index contributed by atoms with van der Waals surface area (Å²) in [6.45, 7) is 4.71. The summed E-state index contributed by atoms with van der Waals surface area (Å²) in [7, 11) is 0. The molecule has 134 valence electrons. The quantitative estimate of drug-likeness (QED) is 0.826. The zero-order valence-corrected chi connectivity index (χ0v) is 14.9. The third-order valence-corrected chi connectivity index (χ3v) is 5.52. The van der Waals surface area contributed by atoms with Gasteiger partial charge in [-0.25, -0.2) is 0 Å². The van der Waals surface area contributed by atoms with E-state index in [4.69, 9.17) is 0 Å². The van der Waals surface area contributed by atoms with E-state index >= 15 is 0 Å². The fraction of sp³-hybridized carbons (Fsp3) is 0.550. The van der Waals surface area contributed by atoms with Crippen LogP contribution in [0.15, 0.2) is 18.2 Å². The lowest BCUT2D eigenvalue weighted by Crippen LogP contribution is -2.34. The molecule has 0 spiro atoms. The van der Waals surface area contributed by atoms with Gasteiger partial charge in [-0.2, -0.15) is 0 Å². The minimum Gasteiger partial charge on any atom is -0.352 e. The number of nitrogens with one attached hydrogen (secondary N) is 2. The van der Waals surface area contributed by atoms with Crippen LogP contribution in [0.2, 0.25) is 0 Å². The molecule has 1 aromatic carbocycles. The first kappa shape index (κ1) is 17.6. The van der Waals surface area contributed by atoms with Gasteiger partial charge in [0.2, 0.25) is 5.91 Å². The minimum absolute atomic E-state index is 0.0145. The van der Waals surface area contributed by atoms with Crippen molar-refractivity contribution in [3.63, 3.8) is 0 Å². The van der Waals surface area contributed by atoms with Gasteiger partial charge in [0, 0.05) is 35.5 Å². The zero-order chi connectivity index (χ0) is 18.0. The van der Waals surface area contributed by atoms with E-state index in [-0.39, 0.29) is 23.1 Å². The van der Waals surface area contributed by atoms with E-state index in [0.717, 1.165) is 43.2 Å². The first-order chi connectivity index (χ1) is 11.9. The van der Waals surface area contributed by atoms with E-state index in [0.29, 0.717) is 24.4 Å². The number of rotatable bonds is 4. The van der Waals surface area contributed by atoms with Crippen molar-refractivity contribution >= 4 is 23.8 Å². The van der Waals surface area contributed by atoms with Crippen molar-refractivity contribution < 1.29 is 14.4 Å². The molecule has 0 atom stereocenters. The van der Waals surface area contributed by atoms with Gasteiger partial charge in [-0.05, 0) is 55.4 Å². The van der Waals surface area contributed by atoms with Gasteiger partial charge in [-0.1, -0.05) is 13.8 Å². The number of benzene rings is 1. The fourth-order valence-electron chi connectivity index (χ4n) is 3.91. The molecule has 2 amide bonds. The van der Waals surface area contributed by atoms with Crippen LogP contribution in [0.4, 0.5) is 5.69 Å². The fourth-order valence-corrected chi connectivity index (χ4v) is 3.91. The van der Waals surface area contributed by atoms with Crippen LogP contribution in [0.1, 0.15) is 61.9 Å². The molecule has 0 aromatic heterocycles. The summed E-state index contributed by atoms with van der Waals surface area (Å²) in [5, 5.41) is 5.91. The topological polar surface area (TPSA) is 75.3 Å². The first-order valence-corrected chi connectivity index (χ1v) is 9.07. The molecule has 2 N–H and O–H groups in total. The normalized spacial score (nSPS) is 24.8. The van der Waals surface area contributed by atoms with Crippen LogP contribution in [-0.2, 0) is 15.0 Å². The predicted molar refractivity (Wildman–Crippen MR) is 96.6 cm³/mol. The number of amides is 2. The maximum Gasteiger partial charge on any atom is 0.251 e. The Balaban J connectivity index is 1.63. The average molecular weight is 342 g/mol. The van der Waals surface area contributed by atoms with E-state index in [2.05, 4.69) is 10.6 Å². The highest BCUT2D eigenvalue weighted by atomic mass is 16.2. The van der Waals surface area contributed by atoms with Crippen molar-refractivity contribution in [1.82, 2.24) is 5.32 Å². The monoisotopic (exact) mass is 342 g/mol. The molecule has 0 unspecified atom stereocenters. The molecule has 5 nitrogen and oxygen atoms in total. The van der Waals surface area contributed by atoms with Crippen molar-refractivity contribution in [2.45, 2.75) is 51.4 Å². The van der Waals surface area contributed by atoms with Gasteiger partial charge in [-0.3, -0.25) is 9.59 Å². The lowest BCUT2D eigenvalue weighted by Gasteiger charge is -2.32. The van der Waals surface area contributed by atoms with Gasteiger partial charge < -0.3 is 15.4 Å². The van der Waals surface area contributed by atoms with Crippen LogP contribution < -0.4 is 10.6 Å². The standard InChI is InChI=1S/C20H26N2O3/c1-20(2)10-18(24)22-17-8-7-15(9-16(17)20)19(25)21-11-13-3-5-14(12-23)6-4-13/h7-9,12-14H,3-6,10-11H2,1-2H3,(H,21,25)(H,22,24). The van der Waals surface area contributed by atoms with Crippen LogP contribution in [0.5, 0.6) is 0 Å². The van der Waals surface area contributed by atoms with Crippen molar-refractivity contribution in [2.24, 2.45) is 11.8 Å². The predicted octanol–water partition coefficient (Wildman–Crippen LogP) is 3.04. The highest BCUT2D eigenvalue weighted by molar-refractivity contribution is 5.98. The smallest absolute Gasteiger partial charge is 0.251 e. The van der Waals surface area contributed by atoms with E-state index in [1.165, 1.54) is 0 Å². The van der Waals surface area contributed by atoms with Crippen LogP contribution in [0.25, 0.3) is 0 Å². The van der Waals surface area contributed by atoms with Gasteiger partial charge in [0.05, 0.1) is 0 Å².